The first-order chi connectivity index (χ1) is 8.90. The first kappa shape index (κ1) is 14.1. The number of rotatable bonds is 2. The molecule has 0 fully saturated rings. The molecule has 0 radical (unpaired) electrons. The van der Waals surface area contributed by atoms with E-state index in [1.54, 1.807) is 19.1 Å². The van der Waals surface area contributed by atoms with E-state index in [0.29, 0.717) is 26.2 Å². The van der Waals surface area contributed by atoms with Gasteiger partial charge in [-0.1, -0.05) is 40.9 Å². The van der Waals surface area contributed by atoms with E-state index >= 15 is 0 Å². The van der Waals surface area contributed by atoms with Crippen molar-refractivity contribution in [1.29, 1.82) is 0 Å². The van der Waals surface area contributed by atoms with Crippen molar-refractivity contribution in [3.8, 4) is 11.1 Å². The van der Waals surface area contributed by atoms with Gasteiger partial charge in [0.05, 0.1) is 25.6 Å². The second-order valence-corrected chi connectivity index (χ2v) is 5.25. The number of nitro groups is 1. The molecule has 0 bridgehead atoms. The van der Waals surface area contributed by atoms with Crippen LogP contribution in [0.4, 0.5) is 5.69 Å². The SMILES string of the molecule is Cc1ccc(-c2cc(Cl)c(Cl)cc2Cl)c([N+](=O)[O-])c1. The van der Waals surface area contributed by atoms with Crippen molar-refractivity contribution in [3.05, 3.63) is 61.1 Å². The second kappa shape index (κ2) is 5.37. The Kier molecular flexibility index (Phi) is 3.99. The maximum absolute atomic E-state index is 11.1. The number of nitrogens with zero attached hydrogens (tertiary/aromatic N) is 1. The summed E-state index contributed by atoms with van der Waals surface area (Å²) < 4.78 is 0. The predicted octanol–water partition coefficient (Wildman–Crippen LogP) is 5.53. The van der Waals surface area contributed by atoms with Crippen LogP contribution < -0.4 is 0 Å². The molecular weight excluding hydrogens is 309 g/mol. The zero-order chi connectivity index (χ0) is 14.2. The van der Waals surface area contributed by atoms with Crippen LogP contribution in [0.2, 0.25) is 15.1 Å². The van der Waals surface area contributed by atoms with Crippen LogP contribution in [-0.4, -0.2) is 4.92 Å². The Morgan fingerprint density at radius 2 is 1.58 bits per heavy atom. The van der Waals surface area contributed by atoms with Crippen molar-refractivity contribution < 1.29 is 4.92 Å². The summed E-state index contributed by atoms with van der Waals surface area (Å²) in [5.74, 6) is 0. The van der Waals surface area contributed by atoms with Gasteiger partial charge in [-0.3, -0.25) is 10.1 Å². The van der Waals surface area contributed by atoms with Gasteiger partial charge in [0, 0.05) is 11.6 Å². The third kappa shape index (κ3) is 2.84. The van der Waals surface area contributed by atoms with Gasteiger partial charge in [-0.05, 0) is 30.7 Å². The molecule has 0 atom stereocenters. The van der Waals surface area contributed by atoms with Gasteiger partial charge in [-0.15, -0.1) is 0 Å². The molecule has 3 nitrogen and oxygen atoms in total. The van der Waals surface area contributed by atoms with Gasteiger partial charge in [0.25, 0.3) is 5.69 Å². The molecule has 0 spiro atoms. The minimum atomic E-state index is -0.443. The molecule has 0 heterocycles. The van der Waals surface area contributed by atoms with E-state index in [-0.39, 0.29) is 5.69 Å². The number of nitro benzene ring substituents is 1. The second-order valence-electron chi connectivity index (χ2n) is 4.02. The van der Waals surface area contributed by atoms with Crippen LogP contribution in [0, 0.1) is 17.0 Å². The summed E-state index contributed by atoms with van der Waals surface area (Å²) in [6, 6.07) is 7.93. The highest BCUT2D eigenvalue weighted by Gasteiger charge is 2.18. The van der Waals surface area contributed by atoms with Crippen LogP contribution in [0.1, 0.15) is 5.56 Å². The molecule has 0 aliphatic rings. The van der Waals surface area contributed by atoms with Crippen molar-refractivity contribution in [2.45, 2.75) is 6.92 Å². The van der Waals surface area contributed by atoms with E-state index in [1.807, 2.05) is 0 Å². The van der Waals surface area contributed by atoms with Gasteiger partial charge < -0.3 is 0 Å². The lowest BCUT2D eigenvalue weighted by molar-refractivity contribution is -0.384. The van der Waals surface area contributed by atoms with Gasteiger partial charge in [0.15, 0.2) is 0 Å². The lowest BCUT2D eigenvalue weighted by atomic mass is 10.0. The fourth-order valence-corrected chi connectivity index (χ4v) is 2.40. The molecule has 0 amide bonds. The lowest BCUT2D eigenvalue weighted by Gasteiger charge is -2.08. The fraction of sp³-hybridized carbons (Fsp3) is 0.0769. The first-order valence-electron chi connectivity index (χ1n) is 5.30. The fourth-order valence-electron chi connectivity index (χ4n) is 1.75. The molecule has 0 saturated carbocycles. The van der Waals surface area contributed by atoms with E-state index in [2.05, 4.69) is 0 Å². The first-order valence-corrected chi connectivity index (χ1v) is 6.43. The minimum Gasteiger partial charge on any atom is -0.258 e. The molecule has 2 rings (SSSR count). The zero-order valence-electron chi connectivity index (χ0n) is 9.78. The third-order valence-corrected chi connectivity index (χ3v) is 3.68. The van der Waals surface area contributed by atoms with E-state index < -0.39 is 4.92 Å². The van der Waals surface area contributed by atoms with Crippen molar-refractivity contribution >= 4 is 40.5 Å². The largest absolute Gasteiger partial charge is 0.277 e. The quantitative estimate of drug-likeness (QED) is 0.415. The van der Waals surface area contributed by atoms with Crippen LogP contribution in [0.15, 0.2) is 30.3 Å². The van der Waals surface area contributed by atoms with Crippen molar-refractivity contribution in [2.24, 2.45) is 0 Å². The molecule has 2 aromatic rings. The smallest absolute Gasteiger partial charge is 0.258 e. The number of benzene rings is 2. The van der Waals surface area contributed by atoms with Gasteiger partial charge >= 0.3 is 0 Å². The Bertz CT molecular complexity index is 671. The van der Waals surface area contributed by atoms with E-state index in [0.717, 1.165) is 5.56 Å². The van der Waals surface area contributed by atoms with Gasteiger partial charge in [0.2, 0.25) is 0 Å². The summed E-state index contributed by atoms with van der Waals surface area (Å²) in [6.07, 6.45) is 0. The summed E-state index contributed by atoms with van der Waals surface area (Å²) in [6.45, 7) is 1.78. The highest BCUT2D eigenvalue weighted by atomic mass is 35.5. The molecular formula is C13H8Cl3NO2. The minimum absolute atomic E-state index is 0.0136. The normalized spacial score (nSPS) is 10.5. The topological polar surface area (TPSA) is 43.1 Å². The Morgan fingerprint density at radius 1 is 0.947 bits per heavy atom. The van der Waals surface area contributed by atoms with Crippen molar-refractivity contribution in [2.75, 3.05) is 0 Å². The summed E-state index contributed by atoms with van der Waals surface area (Å²) >= 11 is 17.9. The van der Waals surface area contributed by atoms with Crippen LogP contribution in [0.5, 0.6) is 0 Å². The van der Waals surface area contributed by atoms with Gasteiger partial charge in [0.1, 0.15) is 0 Å². The van der Waals surface area contributed by atoms with E-state index in [9.17, 15) is 10.1 Å². The van der Waals surface area contributed by atoms with E-state index in [4.69, 9.17) is 34.8 Å². The molecule has 0 aromatic heterocycles. The average Bonchev–Trinajstić information content (AvgIpc) is 2.34. The highest BCUT2D eigenvalue weighted by molar-refractivity contribution is 6.44. The number of halogens is 3. The van der Waals surface area contributed by atoms with Crippen molar-refractivity contribution in [3.63, 3.8) is 0 Å². The Morgan fingerprint density at radius 3 is 2.21 bits per heavy atom. The van der Waals surface area contributed by atoms with Gasteiger partial charge in [-0.25, -0.2) is 0 Å². The molecule has 0 saturated heterocycles. The summed E-state index contributed by atoms with van der Waals surface area (Å²) in [4.78, 5) is 10.7. The third-order valence-electron chi connectivity index (χ3n) is 2.65. The molecule has 0 unspecified atom stereocenters. The molecule has 0 aliphatic heterocycles. The van der Waals surface area contributed by atoms with Crippen LogP contribution in [-0.2, 0) is 0 Å². The highest BCUT2D eigenvalue weighted by Crippen LogP contribution is 2.39. The van der Waals surface area contributed by atoms with Gasteiger partial charge in [-0.2, -0.15) is 0 Å². The van der Waals surface area contributed by atoms with Crippen molar-refractivity contribution in [1.82, 2.24) is 0 Å². The lowest BCUT2D eigenvalue weighted by Crippen LogP contribution is -1.93. The number of hydrogen-bond donors (Lipinski definition) is 0. The Balaban J connectivity index is 2.72. The summed E-state index contributed by atoms with van der Waals surface area (Å²) in [5.41, 5.74) is 1.69. The summed E-state index contributed by atoms with van der Waals surface area (Å²) in [7, 11) is 0. The van der Waals surface area contributed by atoms with Crippen LogP contribution >= 0.6 is 34.8 Å². The van der Waals surface area contributed by atoms with Crippen LogP contribution in [0.3, 0.4) is 0 Å². The van der Waals surface area contributed by atoms with E-state index in [1.165, 1.54) is 18.2 Å². The molecule has 6 heteroatoms. The Labute approximate surface area is 124 Å². The zero-order valence-corrected chi connectivity index (χ0v) is 12.1. The molecule has 98 valence electrons. The molecule has 0 N–H and O–H groups in total. The monoisotopic (exact) mass is 315 g/mol. The average molecular weight is 317 g/mol. The molecule has 2 aromatic carbocycles. The molecule has 0 aliphatic carbocycles. The summed E-state index contributed by atoms with van der Waals surface area (Å²) in [5, 5.41) is 12.0. The predicted molar refractivity (Wildman–Crippen MR) is 78.3 cm³/mol. The molecule has 19 heavy (non-hydrogen) atoms. The Hall–Kier alpha value is -1.29. The van der Waals surface area contributed by atoms with Crippen LogP contribution in [0.25, 0.3) is 11.1 Å². The maximum atomic E-state index is 11.1. The number of hydrogen-bond acceptors (Lipinski definition) is 2. The standard InChI is InChI=1S/C13H8Cl3NO2/c1-7-2-3-8(13(4-7)17(18)19)9-5-11(15)12(16)6-10(9)14/h2-6H,1H3. The number of aryl methyl sites for hydroxylation is 1. The maximum Gasteiger partial charge on any atom is 0.277 e.